The van der Waals surface area contributed by atoms with Gasteiger partial charge in [-0.1, -0.05) is 23.7 Å². The number of anilines is 1. The van der Waals surface area contributed by atoms with Crippen molar-refractivity contribution in [3.63, 3.8) is 0 Å². The van der Waals surface area contributed by atoms with E-state index in [-0.39, 0.29) is 25.7 Å². The summed E-state index contributed by atoms with van der Waals surface area (Å²) < 4.78 is 38.1. The molecule has 1 aliphatic carbocycles. The molecule has 0 aromatic heterocycles. The number of carbonyl (C=O) groups is 1. The van der Waals surface area contributed by atoms with Gasteiger partial charge in [0.15, 0.2) is 0 Å². The normalized spacial score (nSPS) is 26.4. The third-order valence-electron chi connectivity index (χ3n) is 3.96. The van der Waals surface area contributed by atoms with E-state index in [4.69, 9.17) is 11.6 Å². The standard InChI is InChI=1S/C14H15ClF3NO2/c15-10-3-1-2-4-11(10)19-13(12(20)21)7-5-9(6-8-13)14(16,17)18/h1-4,9,19H,5-8H2,(H,20,21). The van der Waals surface area contributed by atoms with Crippen LogP contribution in [0.2, 0.25) is 5.02 Å². The maximum atomic E-state index is 12.7. The molecule has 116 valence electrons. The summed E-state index contributed by atoms with van der Waals surface area (Å²) in [6.45, 7) is 0. The lowest BCUT2D eigenvalue weighted by molar-refractivity contribution is -0.186. The van der Waals surface area contributed by atoms with E-state index < -0.39 is 23.6 Å². The Bertz CT molecular complexity index is 525. The fraction of sp³-hybridized carbons (Fsp3) is 0.500. The van der Waals surface area contributed by atoms with Crippen LogP contribution in [0.3, 0.4) is 0 Å². The van der Waals surface area contributed by atoms with E-state index in [0.29, 0.717) is 10.7 Å². The second-order valence-electron chi connectivity index (χ2n) is 5.31. The number of rotatable bonds is 3. The molecule has 0 heterocycles. The van der Waals surface area contributed by atoms with Crippen molar-refractivity contribution in [3.05, 3.63) is 29.3 Å². The zero-order valence-corrected chi connectivity index (χ0v) is 11.8. The monoisotopic (exact) mass is 321 g/mol. The summed E-state index contributed by atoms with van der Waals surface area (Å²) in [5.74, 6) is -2.58. The SMILES string of the molecule is O=C(O)C1(Nc2ccccc2Cl)CCC(C(F)(F)F)CC1. The summed E-state index contributed by atoms with van der Waals surface area (Å²) in [5, 5.41) is 12.6. The van der Waals surface area contributed by atoms with Gasteiger partial charge in [-0.3, -0.25) is 0 Å². The Morgan fingerprint density at radius 3 is 2.33 bits per heavy atom. The summed E-state index contributed by atoms with van der Waals surface area (Å²) >= 11 is 5.98. The van der Waals surface area contributed by atoms with Gasteiger partial charge in [0.2, 0.25) is 0 Å². The van der Waals surface area contributed by atoms with Crippen LogP contribution in [0.5, 0.6) is 0 Å². The summed E-state index contributed by atoms with van der Waals surface area (Å²) in [6, 6.07) is 6.59. The zero-order valence-electron chi connectivity index (χ0n) is 11.1. The van der Waals surface area contributed by atoms with E-state index in [1.54, 1.807) is 24.3 Å². The molecular formula is C14H15ClF3NO2. The summed E-state index contributed by atoms with van der Waals surface area (Å²) in [4.78, 5) is 11.6. The van der Waals surface area contributed by atoms with Crippen LogP contribution in [0.1, 0.15) is 25.7 Å². The highest BCUT2D eigenvalue weighted by Gasteiger charge is 2.49. The second-order valence-corrected chi connectivity index (χ2v) is 5.72. The van der Waals surface area contributed by atoms with Crippen LogP contribution in [0, 0.1) is 5.92 Å². The third-order valence-corrected chi connectivity index (χ3v) is 4.29. The van der Waals surface area contributed by atoms with E-state index in [0.717, 1.165) is 0 Å². The number of carboxylic acid groups (broad SMARTS) is 1. The topological polar surface area (TPSA) is 49.3 Å². The van der Waals surface area contributed by atoms with Crippen LogP contribution >= 0.6 is 11.6 Å². The smallest absolute Gasteiger partial charge is 0.391 e. The van der Waals surface area contributed by atoms with Gasteiger partial charge in [0, 0.05) is 0 Å². The molecule has 2 N–H and O–H groups in total. The van der Waals surface area contributed by atoms with E-state index in [1.807, 2.05) is 0 Å². The highest BCUT2D eigenvalue weighted by molar-refractivity contribution is 6.33. The number of alkyl halides is 3. The molecule has 21 heavy (non-hydrogen) atoms. The first-order chi connectivity index (χ1) is 9.74. The zero-order chi connectivity index (χ0) is 15.7. The number of para-hydroxylation sites is 1. The Kier molecular flexibility index (Phi) is 4.37. The van der Waals surface area contributed by atoms with Crippen molar-refractivity contribution in [2.45, 2.75) is 37.4 Å². The van der Waals surface area contributed by atoms with Crippen molar-refractivity contribution in [2.24, 2.45) is 5.92 Å². The van der Waals surface area contributed by atoms with Gasteiger partial charge in [0.1, 0.15) is 5.54 Å². The van der Waals surface area contributed by atoms with Gasteiger partial charge in [0.05, 0.1) is 16.6 Å². The molecule has 1 aromatic rings. The Morgan fingerprint density at radius 2 is 1.86 bits per heavy atom. The molecule has 0 amide bonds. The molecule has 3 nitrogen and oxygen atoms in total. The average Bonchev–Trinajstić information content (AvgIpc) is 2.41. The molecule has 7 heteroatoms. The fourth-order valence-corrected chi connectivity index (χ4v) is 2.83. The van der Waals surface area contributed by atoms with Gasteiger partial charge in [-0.05, 0) is 37.8 Å². The van der Waals surface area contributed by atoms with E-state index in [9.17, 15) is 23.1 Å². The number of aliphatic carboxylic acids is 1. The van der Waals surface area contributed by atoms with E-state index in [1.165, 1.54) is 0 Å². The molecule has 0 atom stereocenters. The number of benzene rings is 1. The third kappa shape index (κ3) is 3.43. The molecule has 0 radical (unpaired) electrons. The van der Waals surface area contributed by atoms with Gasteiger partial charge in [-0.15, -0.1) is 0 Å². The first-order valence-electron chi connectivity index (χ1n) is 6.57. The maximum absolute atomic E-state index is 12.7. The molecule has 0 spiro atoms. The first kappa shape index (κ1) is 15.9. The molecule has 1 saturated carbocycles. The summed E-state index contributed by atoms with van der Waals surface area (Å²) in [5.41, 5.74) is -0.973. The minimum absolute atomic E-state index is 0.0856. The Morgan fingerprint density at radius 1 is 1.29 bits per heavy atom. The molecule has 1 aliphatic rings. The lowest BCUT2D eigenvalue weighted by Crippen LogP contribution is -2.50. The summed E-state index contributed by atoms with van der Waals surface area (Å²) in [6.07, 6.45) is -4.84. The molecular weight excluding hydrogens is 307 g/mol. The highest BCUT2D eigenvalue weighted by Crippen LogP contribution is 2.43. The van der Waals surface area contributed by atoms with Crippen LogP contribution in [0.15, 0.2) is 24.3 Å². The first-order valence-corrected chi connectivity index (χ1v) is 6.95. The number of halogens is 4. The van der Waals surface area contributed by atoms with Crippen molar-refractivity contribution in [2.75, 3.05) is 5.32 Å². The highest BCUT2D eigenvalue weighted by atomic mass is 35.5. The summed E-state index contributed by atoms with van der Waals surface area (Å²) in [7, 11) is 0. The molecule has 1 fully saturated rings. The molecule has 0 unspecified atom stereocenters. The quantitative estimate of drug-likeness (QED) is 0.871. The van der Waals surface area contributed by atoms with E-state index in [2.05, 4.69) is 5.32 Å². The lowest BCUT2D eigenvalue weighted by Gasteiger charge is -2.38. The number of hydrogen-bond donors (Lipinski definition) is 2. The molecule has 0 saturated heterocycles. The van der Waals surface area contributed by atoms with Gasteiger partial charge < -0.3 is 10.4 Å². The lowest BCUT2D eigenvalue weighted by atomic mass is 9.76. The van der Waals surface area contributed by atoms with Crippen LogP contribution in [0.4, 0.5) is 18.9 Å². The van der Waals surface area contributed by atoms with Gasteiger partial charge in [-0.2, -0.15) is 13.2 Å². The minimum atomic E-state index is -4.27. The Balaban J connectivity index is 2.17. The molecule has 0 bridgehead atoms. The van der Waals surface area contributed by atoms with Crippen molar-refractivity contribution < 1.29 is 23.1 Å². The number of carboxylic acids is 1. The van der Waals surface area contributed by atoms with Crippen molar-refractivity contribution >= 4 is 23.3 Å². The van der Waals surface area contributed by atoms with Crippen LogP contribution < -0.4 is 5.32 Å². The van der Waals surface area contributed by atoms with Crippen LogP contribution in [-0.2, 0) is 4.79 Å². The molecule has 0 aliphatic heterocycles. The average molecular weight is 322 g/mol. The van der Waals surface area contributed by atoms with Gasteiger partial charge >= 0.3 is 12.1 Å². The van der Waals surface area contributed by atoms with Crippen molar-refractivity contribution in [3.8, 4) is 0 Å². The molecule has 1 aromatic carbocycles. The predicted molar refractivity (Wildman–Crippen MR) is 73.5 cm³/mol. The fourth-order valence-electron chi connectivity index (χ4n) is 2.65. The maximum Gasteiger partial charge on any atom is 0.391 e. The Labute approximate surface area is 125 Å². The van der Waals surface area contributed by atoms with Gasteiger partial charge in [-0.25, -0.2) is 4.79 Å². The second kappa shape index (κ2) is 5.75. The molecule has 2 rings (SSSR count). The van der Waals surface area contributed by atoms with E-state index >= 15 is 0 Å². The Hall–Kier alpha value is -1.43. The van der Waals surface area contributed by atoms with Crippen molar-refractivity contribution in [1.29, 1.82) is 0 Å². The number of nitrogens with one attached hydrogen (secondary N) is 1. The predicted octanol–water partition coefficient (Wildman–Crippen LogP) is 4.33. The van der Waals surface area contributed by atoms with Crippen LogP contribution in [-0.4, -0.2) is 22.8 Å². The number of hydrogen-bond acceptors (Lipinski definition) is 2. The minimum Gasteiger partial charge on any atom is -0.480 e. The van der Waals surface area contributed by atoms with Crippen molar-refractivity contribution in [1.82, 2.24) is 0 Å². The largest absolute Gasteiger partial charge is 0.480 e. The van der Waals surface area contributed by atoms with Crippen LogP contribution in [0.25, 0.3) is 0 Å². The van der Waals surface area contributed by atoms with Gasteiger partial charge in [0.25, 0.3) is 0 Å².